The number of nitrogens with one attached hydrogen (secondary N) is 2. The molecule has 0 radical (unpaired) electrons. The van der Waals surface area contributed by atoms with E-state index in [-0.39, 0.29) is 19.8 Å². The van der Waals surface area contributed by atoms with Crippen molar-refractivity contribution in [1.29, 1.82) is 0 Å². The predicted molar refractivity (Wildman–Crippen MR) is 102 cm³/mol. The summed E-state index contributed by atoms with van der Waals surface area (Å²) in [6, 6.07) is 11.0. The summed E-state index contributed by atoms with van der Waals surface area (Å²) >= 11 is 0. The van der Waals surface area contributed by atoms with Gasteiger partial charge in [-0.05, 0) is 48.4 Å². The Balaban J connectivity index is 1.45. The van der Waals surface area contributed by atoms with E-state index < -0.39 is 23.9 Å². The van der Waals surface area contributed by atoms with Crippen molar-refractivity contribution in [2.24, 2.45) is 0 Å². The summed E-state index contributed by atoms with van der Waals surface area (Å²) in [5.41, 5.74) is 1.31. The molecular formula is C20H20N2O7. The molecule has 0 saturated heterocycles. The van der Waals surface area contributed by atoms with E-state index in [1.54, 1.807) is 18.2 Å². The molecule has 3 rings (SSSR count). The number of amides is 2. The Labute approximate surface area is 166 Å². The number of ether oxygens (including phenoxy) is 3. The first kappa shape index (κ1) is 20.2. The Bertz CT molecular complexity index is 912. The van der Waals surface area contributed by atoms with Crippen LogP contribution in [0.5, 0.6) is 11.5 Å². The molecule has 2 aromatic rings. The third-order valence-corrected chi connectivity index (χ3v) is 4.25. The van der Waals surface area contributed by atoms with E-state index in [1.165, 1.54) is 31.4 Å². The lowest BCUT2D eigenvalue weighted by Crippen LogP contribution is -2.36. The summed E-state index contributed by atoms with van der Waals surface area (Å²) < 4.78 is 15.1. The number of aliphatic hydroxyl groups excluding tert-OH is 1. The molecule has 0 fully saturated rings. The van der Waals surface area contributed by atoms with Crippen molar-refractivity contribution in [3.8, 4) is 11.5 Å². The smallest absolute Gasteiger partial charge is 0.337 e. The van der Waals surface area contributed by atoms with Gasteiger partial charge in [0.2, 0.25) is 6.79 Å². The summed E-state index contributed by atoms with van der Waals surface area (Å²) in [5, 5.41) is 15.1. The lowest BCUT2D eigenvalue weighted by molar-refractivity contribution is -0.136. The summed E-state index contributed by atoms with van der Waals surface area (Å²) in [4.78, 5) is 35.3. The Kier molecular flexibility index (Phi) is 6.30. The second kappa shape index (κ2) is 9.07. The molecule has 0 spiro atoms. The Morgan fingerprint density at radius 1 is 1.07 bits per heavy atom. The molecule has 1 aliphatic heterocycles. The van der Waals surface area contributed by atoms with E-state index in [9.17, 15) is 19.5 Å². The largest absolute Gasteiger partial charge is 0.465 e. The second-order valence-corrected chi connectivity index (χ2v) is 6.20. The lowest BCUT2D eigenvalue weighted by atomic mass is 10.1. The highest BCUT2D eigenvalue weighted by Crippen LogP contribution is 2.34. The quantitative estimate of drug-likeness (QED) is 0.494. The molecule has 0 bridgehead atoms. The van der Waals surface area contributed by atoms with E-state index >= 15 is 0 Å². The average molecular weight is 400 g/mol. The molecule has 0 aliphatic carbocycles. The Morgan fingerprint density at radius 2 is 1.79 bits per heavy atom. The van der Waals surface area contributed by atoms with Crippen molar-refractivity contribution >= 4 is 23.5 Å². The molecule has 152 valence electrons. The van der Waals surface area contributed by atoms with Gasteiger partial charge in [0, 0.05) is 12.2 Å². The van der Waals surface area contributed by atoms with E-state index in [2.05, 4.69) is 15.4 Å². The van der Waals surface area contributed by atoms with Crippen LogP contribution in [0, 0.1) is 0 Å². The number of hydrogen-bond donors (Lipinski definition) is 3. The first-order valence-corrected chi connectivity index (χ1v) is 8.83. The zero-order chi connectivity index (χ0) is 20.8. The van der Waals surface area contributed by atoms with E-state index in [4.69, 9.17) is 9.47 Å². The van der Waals surface area contributed by atoms with Crippen molar-refractivity contribution in [2.45, 2.75) is 12.5 Å². The summed E-state index contributed by atoms with van der Waals surface area (Å²) in [7, 11) is 1.27. The standard InChI is InChI=1S/C20H20N2O7/c1-27-20(26)12-2-5-14(6-3-12)22-19(25)18(24)21-9-8-15(23)13-4-7-16-17(10-13)29-11-28-16/h2-7,10,15,23H,8-9,11H2,1H3,(H,21,24)(H,22,25)/t15-/m0/s1. The molecule has 1 aliphatic rings. The maximum Gasteiger partial charge on any atom is 0.337 e. The minimum atomic E-state index is -0.853. The summed E-state index contributed by atoms with van der Waals surface area (Å²) in [5.74, 6) is -1.01. The zero-order valence-electron chi connectivity index (χ0n) is 15.6. The van der Waals surface area contributed by atoms with Crippen LogP contribution < -0.4 is 20.1 Å². The molecule has 1 atom stereocenters. The fraction of sp³-hybridized carbons (Fsp3) is 0.250. The van der Waals surface area contributed by atoms with Crippen molar-refractivity contribution in [3.05, 3.63) is 53.6 Å². The van der Waals surface area contributed by atoms with Gasteiger partial charge in [-0.2, -0.15) is 0 Å². The van der Waals surface area contributed by atoms with Crippen LogP contribution in [0.25, 0.3) is 0 Å². The molecule has 2 aromatic carbocycles. The minimum Gasteiger partial charge on any atom is -0.465 e. The topological polar surface area (TPSA) is 123 Å². The molecule has 29 heavy (non-hydrogen) atoms. The predicted octanol–water partition coefficient (Wildman–Crippen LogP) is 1.38. The lowest BCUT2D eigenvalue weighted by Gasteiger charge is -2.12. The maximum atomic E-state index is 12.0. The van der Waals surface area contributed by atoms with Crippen LogP contribution in [-0.4, -0.2) is 43.3 Å². The second-order valence-electron chi connectivity index (χ2n) is 6.20. The number of esters is 1. The molecule has 3 N–H and O–H groups in total. The van der Waals surface area contributed by atoms with Gasteiger partial charge < -0.3 is 30.0 Å². The number of aliphatic hydroxyl groups is 1. The van der Waals surface area contributed by atoms with Crippen LogP contribution in [0.1, 0.15) is 28.4 Å². The average Bonchev–Trinajstić information content (AvgIpc) is 3.21. The third-order valence-electron chi connectivity index (χ3n) is 4.25. The highest BCUT2D eigenvalue weighted by atomic mass is 16.7. The number of methoxy groups -OCH3 is 1. The number of hydrogen-bond acceptors (Lipinski definition) is 7. The van der Waals surface area contributed by atoms with Gasteiger partial charge in [-0.1, -0.05) is 6.07 Å². The molecule has 9 nitrogen and oxygen atoms in total. The van der Waals surface area contributed by atoms with Gasteiger partial charge in [-0.15, -0.1) is 0 Å². The van der Waals surface area contributed by atoms with E-state index in [1.807, 2.05) is 0 Å². The highest BCUT2D eigenvalue weighted by Gasteiger charge is 2.18. The SMILES string of the molecule is COC(=O)c1ccc(NC(=O)C(=O)NCC[C@H](O)c2ccc3c(c2)OCO3)cc1. The molecular weight excluding hydrogens is 380 g/mol. The van der Waals surface area contributed by atoms with E-state index in [0.717, 1.165) is 0 Å². The third kappa shape index (κ3) is 5.02. The van der Waals surface area contributed by atoms with Crippen molar-refractivity contribution in [1.82, 2.24) is 5.32 Å². The van der Waals surface area contributed by atoms with Gasteiger partial charge in [0.05, 0.1) is 18.8 Å². The first-order chi connectivity index (χ1) is 14.0. The number of benzene rings is 2. The van der Waals surface area contributed by atoms with Crippen molar-refractivity contribution in [3.63, 3.8) is 0 Å². The number of anilines is 1. The van der Waals surface area contributed by atoms with Crippen LogP contribution in [-0.2, 0) is 14.3 Å². The normalized spacial score (nSPS) is 12.8. The molecule has 2 amide bonds. The zero-order valence-corrected chi connectivity index (χ0v) is 15.6. The van der Waals surface area contributed by atoms with Crippen molar-refractivity contribution < 1.29 is 33.7 Å². The fourth-order valence-electron chi connectivity index (χ4n) is 2.69. The number of rotatable bonds is 6. The maximum absolute atomic E-state index is 12.0. The minimum absolute atomic E-state index is 0.100. The molecule has 0 aromatic heterocycles. The van der Waals surface area contributed by atoms with Gasteiger partial charge in [0.1, 0.15) is 0 Å². The summed E-state index contributed by atoms with van der Waals surface area (Å²) in [6.45, 7) is 0.245. The monoisotopic (exact) mass is 400 g/mol. The Hall–Kier alpha value is -3.59. The van der Waals surface area contributed by atoms with E-state index in [0.29, 0.717) is 28.3 Å². The first-order valence-electron chi connectivity index (χ1n) is 8.83. The van der Waals surface area contributed by atoms with Gasteiger partial charge >= 0.3 is 17.8 Å². The highest BCUT2D eigenvalue weighted by molar-refractivity contribution is 6.39. The molecule has 0 unspecified atom stereocenters. The van der Waals surface area contributed by atoms with Crippen LogP contribution >= 0.6 is 0 Å². The van der Waals surface area contributed by atoms with Crippen LogP contribution in [0.15, 0.2) is 42.5 Å². The van der Waals surface area contributed by atoms with Crippen LogP contribution in [0.2, 0.25) is 0 Å². The summed E-state index contributed by atoms with van der Waals surface area (Å²) in [6.07, 6.45) is -0.620. The molecule has 1 heterocycles. The fourth-order valence-corrected chi connectivity index (χ4v) is 2.69. The van der Waals surface area contributed by atoms with Crippen LogP contribution in [0.3, 0.4) is 0 Å². The van der Waals surface area contributed by atoms with Crippen LogP contribution in [0.4, 0.5) is 5.69 Å². The van der Waals surface area contributed by atoms with Gasteiger partial charge in [-0.25, -0.2) is 4.79 Å². The van der Waals surface area contributed by atoms with Gasteiger partial charge in [0.15, 0.2) is 11.5 Å². The number of carbonyl (C=O) groups is 3. The number of fused-ring (bicyclic) bond motifs is 1. The Morgan fingerprint density at radius 3 is 2.52 bits per heavy atom. The van der Waals surface area contributed by atoms with Gasteiger partial charge in [-0.3, -0.25) is 9.59 Å². The molecule has 0 saturated carbocycles. The molecule has 9 heteroatoms. The number of carbonyl (C=O) groups excluding carboxylic acids is 3. The van der Waals surface area contributed by atoms with Gasteiger partial charge in [0.25, 0.3) is 0 Å². The van der Waals surface area contributed by atoms with Crippen molar-refractivity contribution in [2.75, 3.05) is 25.8 Å².